The van der Waals surface area contributed by atoms with Crippen molar-refractivity contribution >= 4 is 23.2 Å². The molecule has 108 valence electrons. The fraction of sp³-hybridized carbons (Fsp3) is 0.400. The Balaban J connectivity index is 2.21. The summed E-state index contributed by atoms with van der Waals surface area (Å²) in [4.78, 5) is 0. The quantitative estimate of drug-likeness (QED) is 0.873. The van der Waals surface area contributed by atoms with Crippen LogP contribution in [0.2, 0.25) is 10.0 Å². The molecule has 0 aliphatic carbocycles. The van der Waals surface area contributed by atoms with Crippen LogP contribution in [0.3, 0.4) is 0 Å². The molecule has 0 spiro atoms. The molecule has 0 aliphatic heterocycles. The Labute approximate surface area is 129 Å². The standard InChI is InChI=1S/C15H19Cl2N3/c1-3-8-18-14(15-13(17)10-19-20(15)2)9-11-4-6-12(16)7-5-11/h4-7,10,14,18H,3,8-9H2,1-2H3. The summed E-state index contributed by atoms with van der Waals surface area (Å²) in [7, 11) is 1.92. The lowest BCUT2D eigenvalue weighted by Gasteiger charge is -2.19. The van der Waals surface area contributed by atoms with E-state index in [9.17, 15) is 0 Å². The van der Waals surface area contributed by atoms with E-state index >= 15 is 0 Å². The van der Waals surface area contributed by atoms with Crippen LogP contribution in [0.25, 0.3) is 0 Å². The number of hydrogen-bond donors (Lipinski definition) is 1. The first-order chi connectivity index (χ1) is 9.61. The van der Waals surface area contributed by atoms with Gasteiger partial charge in [-0.3, -0.25) is 4.68 Å². The van der Waals surface area contributed by atoms with Gasteiger partial charge in [0, 0.05) is 12.1 Å². The van der Waals surface area contributed by atoms with Gasteiger partial charge in [-0.25, -0.2) is 0 Å². The SMILES string of the molecule is CCCNC(Cc1ccc(Cl)cc1)c1c(Cl)cnn1C. The highest BCUT2D eigenvalue weighted by atomic mass is 35.5. The Bertz CT molecular complexity index is 529. The first-order valence-electron chi connectivity index (χ1n) is 6.77. The van der Waals surface area contributed by atoms with Crippen molar-refractivity contribution in [3.8, 4) is 0 Å². The molecular formula is C15H19Cl2N3. The lowest BCUT2D eigenvalue weighted by molar-refractivity contribution is 0.493. The van der Waals surface area contributed by atoms with Crippen molar-refractivity contribution in [1.82, 2.24) is 15.1 Å². The second-order valence-corrected chi connectivity index (χ2v) is 5.68. The van der Waals surface area contributed by atoms with Gasteiger partial charge in [0.25, 0.3) is 0 Å². The van der Waals surface area contributed by atoms with Crippen molar-refractivity contribution in [1.29, 1.82) is 0 Å². The third-order valence-electron chi connectivity index (χ3n) is 3.26. The number of hydrogen-bond acceptors (Lipinski definition) is 2. The molecule has 1 unspecified atom stereocenters. The summed E-state index contributed by atoms with van der Waals surface area (Å²) in [5, 5.41) is 9.22. The number of halogens is 2. The molecule has 0 bridgehead atoms. The van der Waals surface area contributed by atoms with E-state index in [-0.39, 0.29) is 6.04 Å². The smallest absolute Gasteiger partial charge is 0.0834 e. The lowest BCUT2D eigenvalue weighted by atomic mass is 10.0. The maximum absolute atomic E-state index is 6.27. The number of aromatic nitrogens is 2. The summed E-state index contributed by atoms with van der Waals surface area (Å²) >= 11 is 12.2. The Hall–Kier alpha value is -1.03. The molecule has 3 nitrogen and oxygen atoms in total. The molecule has 1 atom stereocenters. The van der Waals surface area contributed by atoms with Crippen LogP contribution in [0.4, 0.5) is 0 Å². The Morgan fingerprint density at radius 1 is 1.25 bits per heavy atom. The minimum absolute atomic E-state index is 0.149. The molecule has 2 rings (SSSR count). The minimum Gasteiger partial charge on any atom is -0.308 e. The molecule has 0 aliphatic rings. The number of nitrogens with one attached hydrogen (secondary N) is 1. The van der Waals surface area contributed by atoms with Crippen molar-refractivity contribution in [2.75, 3.05) is 6.54 Å². The third kappa shape index (κ3) is 3.75. The lowest BCUT2D eigenvalue weighted by Crippen LogP contribution is -2.26. The van der Waals surface area contributed by atoms with Gasteiger partial charge in [-0.15, -0.1) is 0 Å². The van der Waals surface area contributed by atoms with E-state index in [1.165, 1.54) is 5.56 Å². The van der Waals surface area contributed by atoms with Crippen molar-refractivity contribution < 1.29 is 0 Å². The molecule has 0 saturated heterocycles. The molecule has 5 heteroatoms. The Morgan fingerprint density at radius 2 is 1.95 bits per heavy atom. The monoisotopic (exact) mass is 311 g/mol. The van der Waals surface area contributed by atoms with Gasteiger partial charge in [-0.05, 0) is 37.1 Å². The van der Waals surface area contributed by atoms with Crippen molar-refractivity contribution in [2.24, 2.45) is 7.05 Å². The summed E-state index contributed by atoms with van der Waals surface area (Å²) in [5.41, 5.74) is 2.25. The number of aryl methyl sites for hydroxylation is 1. The Morgan fingerprint density at radius 3 is 2.50 bits per heavy atom. The van der Waals surface area contributed by atoms with Crippen LogP contribution in [0.5, 0.6) is 0 Å². The van der Waals surface area contributed by atoms with E-state index in [1.54, 1.807) is 6.20 Å². The molecule has 1 N–H and O–H groups in total. The molecular weight excluding hydrogens is 293 g/mol. The topological polar surface area (TPSA) is 29.9 Å². The zero-order valence-corrected chi connectivity index (χ0v) is 13.2. The molecule has 1 aromatic heterocycles. The van der Waals surface area contributed by atoms with E-state index in [1.807, 2.05) is 36.0 Å². The van der Waals surface area contributed by atoms with Gasteiger partial charge in [0.05, 0.1) is 23.0 Å². The van der Waals surface area contributed by atoms with Crippen LogP contribution >= 0.6 is 23.2 Å². The van der Waals surface area contributed by atoms with Gasteiger partial charge in [-0.2, -0.15) is 5.10 Å². The predicted octanol–water partition coefficient (Wildman–Crippen LogP) is 4.01. The highest BCUT2D eigenvalue weighted by Crippen LogP contribution is 2.25. The summed E-state index contributed by atoms with van der Waals surface area (Å²) in [6, 6.07) is 8.08. The zero-order valence-electron chi connectivity index (χ0n) is 11.7. The van der Waals surface area contributed by atoms with E-state index in [0.717, 1.165) is 30.1 Å². The normalized spacial score (nSPS) is 12.6. The zero-order chi connectivity index (χ0) is 14.5. The molecule has 1 heterocycles. The summed E-state index contributed by atoms with van der Waals surface area (Å²) < 4.78 is 1.84. The second kappa shape index (κ2) is 7.11. The maximum Gasteiger partial charge on any atom is 0.0834 e. The van der Waals surface area contributed by atoms with E-state index < -0.39 is 0 Å². The van der Waals surface area contributed by atoms with Crippen LogP contribution in [0, 0.1) is 0 Å². The second-order valence-electron chi connectivity index (χ2n) is 4.84. The van der Waals surface area contributed by atoms with E-state index in [2.05, 4.69) is 17.3 Å². The average Bonchev–Trinajstić information content (AvgIpc) is 2.77. The first kappa shape index (κ1) is 15.4. The highest BCUT2D eigenvalue weighted by molar-refractivity contribution is 6.31. The van der Waals surface area contributed by atoms with Crippen molar-refractivity contribution in [3.05, 3.63) is 51.8 Å². The molecule has 1 aromatic carbocycles. The van der Waals surface area contributed by atoms with E-state index in [4.69, 9.17) is 23.2 Å². The van der Waals surface area contributed by atoms with Gasteiger partial charge in [0.1, 0.15) is 0 Å². The fourth-order valence-corrected chi connectivity index (χ4v) is 2.68. The summed E-state index contributed by atoms with van der Waals surface area (Å²) in [6.45, 7) is 3.09. The van der Waals surface area contributed by atoms with Crippen LogP contribution in [-0.4, -0.2) is 16.3 Å². The predicted molar refractivity (Wildman–Crippen MR) is 84.4 cm³/mol. The number of benzene rings is 1. The van der Waals surface area contributed by atoms with Gasteiger partial charge < -0.3 is 5.32 Å². The fourth-order valence-electron chi connectivity index (χ4n) is 2.25. The molecule has 0 amide bonds. The molecule has 0 saturated carbocycles. The minimum atomic E-state index is 0.149. The van der Waals surface area contributed by atoms with E-state index in [0.29, 0.717) is 5.02 Å². The first-order valence-corrected chi connectivity index (χ1v) is 7.52. The van der Waals surface area contributed by atoms with Gasteiger partial charge in [0.2, 0.25) is 0 Å². The Kier molecular flexibility index (Phi) is 5.46. The molecule has 20 heavy (non-hydrogen) atoms. The average molecular weight is 312 g/mol. The van der Waals surface area contributed by atoms with Gasteiger partial charge in [-0.1, -0.05) is 42.3 Å². The highest BCUT2D eigenvalue weighted by Gasteiger charge is 2.19. The van der Waals surface area contributed by atoms with Crippen molar-refractivity contribution in [3.63, 3.8) is 0 Å². The number of nitrogens with zero attached hydrogens (tertiary/aromatic N) is 2. The largest absolute Gasteiger partial charge is 0.308 e. The molecule has 0 fully saturated rings. The van der Waals surface area contributed by atoms with Crippen LogP contribution in [0.15, 0.2) is 30.5 Å². The molecule has 0 radical (unpaired) electrons. The number of rotatable bonds is 6. The van der Waals surface area contributed by atoms with Crippen LogP contribution in [-0.2, 0) is 13.5 Å². The summed E-state index contributed by atoms with van der Waals surface area (Å²) in [5.74, 6) is 0. The third-order valence-corrected chi connectivity index (χ3v) is 3.80. The maximum atomic E-state index is 6.27. The van der Waals surface area contributed by atoms with Crippen LogP contribution in [0.1, 0.15) is 30.6 Å². The van der Waals surface area contributed by atoms with Gasteiger partial charge in [0.15, 0.2) is 0 Å². The molecule has 2 aromatic rings. The van der Waals surface area contributed by atoms with Crippen LogP contribution < -0.4 is 5.32 Å². The van der Waals surface area contributed by atoms with Gasteiger partial charge >= 0.3 is 0 Å². The van der Waals surface area contributed by atoms with Crippen molar-refractivity contribution in [2.45, 2.75) is 25.8 Å². The summed E-state index contributed by atoms with van der Waals surface area (Å²) in [6.07, 6.45) is 3.63.